The largest absolute Gasteiger partial charge is 0.489 e. The highest BCUT2D eigenvalue weighted by molar-refractivity contribution is 5.90. The molecule has 0 unspecified atom stereocenters. The molecule has 8 nitrogen and oxygen atoms in total. The molecule has 0 bridgehead atoms. The lowest BCUT2D eigenvalue weighted by molar-refractivity contribution is -0.142. The first-order valence-electron chi connectivity index (χ1n) is 16.6. The van der Waals surface area contributed by atoms with Crippen molar-refractivity contribution in [2.45, 2.75) is 50.9 Å². The highest BCUT2D eigenvalue weighted by Gasteiger charge is 2.37. The molecule has 6 rings (SSSR count). The van der Waals surface area contributed by atoms with E-state index in [1.807, 2.05) is 72.8 Å². The zero-order chi connectivity index (χ0) is 36.7. The van der Waals surface area contributed by atoms with Crippen molar-refractivity contribution in [1.82, 2.24) is 10.2 Å². The molecule has 2 atom stereocenters. The number of hydrogen-bond donors (Lipinski definition) is 2. The third kappa shape index (κ3) is 8.97. The fraction of sp³-hybridized carbons (Fsp3) is 0.195. The lowest BCUT2D eigenvalue weighted by atomic mass is 9.93. The number of aliphatic carboxylic acids is 1. The monoisotopic (exact) mass is 708 g/mol. The first-order chi connectivity index (χ1) is 25.0. The molecule has 1 aliphatic heterocycles. The fourth-order valence-corrected chi connectivity index (χ4v) is 6.00. The van der Waals surface area contributed by atoms with Crippen molar-refractivity contribution in [1.29, 1.82) is 0 Å². The van der Waals surface area contributed by atoms with E-state index in [0.29, 0.717) is 22.4 Å². The molecule has 0 spiro atoms. The maximum Gasteiger partial charge on any atom is 0.416 e. The van der Waals surface area contributed by atoms with E-state index < -0.39 is 41.8 Å². The average Bonchev–Trinajstić information content (AvgIpc) is 3.16. The summed E-state index contributed by atoms with van der Waals surface area (Å²) in [5.41, 5.74) is 4.66. The average molecular weight is 709 g/mol. The molecule has 1 aliphatic rings. The number of benzene rings is 5. The van der Waals surface area contributed by atoms with Crippen LogP contribution < -0.4 is 10.1 Å². The molecule has 2 N–H and O–H groups in total. The maximum atomic E-state index is 13.8. The summed E-state index contributed by atoms with van der Waals surface area (Å²) < 4.78 is 50.4. The summed E-state index contributed by atoms with van der Waals surface area (Å²) in [6, 6.07) is 33.7. The number of amides is 2. The Hall–Kier alpha value is -6.10. The van der Waals surface area contributed by atoms with Crippen molar-refractivity contribution < 1.29 is 42.1 Å². The molecule has 0 radical (unpaired) electrons. The van der Waals surface area contributed by atoms with Crippen LogP contribution in [0.25, 0.3) is 11.1 Å². The van der Waals surface area contributed by atoms with Gasteiger partial charge in [-0.15, -0.1) is 0 Å². The number of rotatable bonds is 11. The Labute approximate surface area is 298 Å². The standard InChI is InChI=1S/C41H35F3N2O6/c42-41(43,44)34-18-13-29(14-19-34)25-51-35-20-17-32-23-37(46(24-33(32)22-35)40(50)52-26-28-7-3-1-4-8-28)38(47)45-36(39(48)49)21-27-11-15-31(16-12-27)30-9-5-2-6-10-30/h1-20,22,36-37H,21,23-26H2,(H,45,47)(H,48,49)/t36-,37-/m0/s1. The quantitative estimate of drug-likeness (QED) is 0.145. The van der Waals surface area contributed by atoms with Crippen molar-refractivity contribution in [3.8, 4) is 16.9 Å². The van der Waals surface area contributed by atoms with Gasteiger partial charge in [-0.3, -0.25) is 9.69 Å². The molecule has 52 heavy (non-hydrogen) atoms. The van der Waals surface area contributed by atoms with Gasteiger partial charge in [-0.2, -0.15) is 13.2 Å². The topological polar surface area (TPSA) is 105 Å². The van der Waals surface area contributed by atoms with Gasteiger partial charge in [0.2, 0.25) is 5.91 Å². The van der Waals surface area contributed by atoms with Crippen LogP contribution in [0.4, 0.5) is 18.0 Å². The number of halogens is 3. The van der Waals surface area contributed by atoms with Crippen molar-refractivity contribution in [3.05, 3.63) is 161 Å². The van der Waals surface area contributed by atoms with E-state index in [1.54, 1.807) is 30.3 Å². The number of ether oxygens (including phenoxy) is 2. The molecule has 266 valence electrons. The molecule has 2 amide bonds. The van der Waals surface area contributed by atoms with Crippen LogP contribution in [0.5, 0.6) is 5.75 Å². The summed E-state index contributed by atoms with van der Waals surface area (Å²) >= 11 is 0. The van der Waals surface area contributed by atoms with E-state index >= 15 is 0 Å². The van der Waals surface area contributed by atoms with Gasteiger partial charge in [-0.1, -0.05) is 103 Å². The molecular weight excluding hydrogens is 673 g/mol. The molecule has 0 fully saturated rings. The van der Waals surface area contributed by atoms with Crippen molar-refractivity contribution >= 4 is 18.0 Å². The van der Waals surface area contributed by atoms with Gasteiger partial charge >= 0.3 is 18.2 Å². The molecule has 11 heteroatoms. The Morgan fingerprint density at radius 1 is 0.750 bits per heavy atom. The summed E-state index contributed by atoms with van der Waals surface area (Å²) in [5.74, 6) is -1.44. The van der Waals surface area contributed by atoms with Gasteiger partial charge in [0.15, 0.2) is 0 Å². The van der Waals surface area contributed by atoms with Gasteiger partial charge < -0.3 is 19.9 Å². The van der Waals surface area contributed by atoms with Crippen LogP contribution in [-0.2, 0) is 53.1 Å². The molecular formula is C41H35F3N2O6. The molecule has 0 saturated carbocycles. The number of fused-ring (bicyclic) bond motifs is 1. The number of carbonyl (C=O) groups is 3. The zero-order valence-electron chi connectivity index (χ0n) is 27.9. The molecule has 0 aliphatic carbocycles. The van der Waals surface area contributed by atoms with Gasteiger partial charge in [0.1, 0.15) is 31.0 Å². The first-order valence-corrected chi connectivity index (χ1v) is 16.6. The smallest absolute Gasteiger partial charge is 0.416 e. The van der Waals surface area contributed by atoms with Gasteiger partial charge in [-0.05, 0) is 63.2 Å². The minimum atomic E-state index is -4.44. The Bertz CT molecular complexity index is 2000. The van der Waals surface area contributed by atoms with Crippen LogP contribution in [-0.4, -0.2) is 40.1 Å². The second kappa shape index (κ2) is 15.8. The van der Waals surface area contributed by atoms with Gasteiger partial charge in [0, 0.05) is 12.8 Å². The lowest BCUT2D eigenvalue weighted by Crippen LogP contribution is -2.56. The Morgan fingerprint density at radius 3 is 2.02 bits per heavy atom. The van der Waals surface area contributed by atoms with E-state index in [2.05, 4.69) is 5.32 Å². The van der Waals surface area contributed by atoms with E-state index in [4.69, 9.17) is 9.47 Å². The summed E-state index contributed by atoms with van der Waals surface area (Å²) in [5, 5.41) is 12.7. The molecule has 5 aromatic rings. The first kappa shape index (κ1) is 35.7. The van der Waals surface area contributed by atoms with Crippen molar-refractivity contribution in [3.63, 3.8) is 0 Å². The maximum absolute atomic E-state index is 13.8. The fourth-order valence-electron chi connectivity index (χ4n) is 6.00. The number of nitrogens with one attached hydrogen (secondary N) is 1. The number of carboxylic acids is 1. The van der Waals surface area contributed by atoms with Crippen LogP contribution in [0, 0.1) is 0 Å². The Balaban J connectivity index is 1.17. The van der Waals surface area contributed by atoms with Crippen molar-refractivity contribution in [2.75, 3.05) is 0 Å². The SMILES string of the molecule is O=C(O)[C@H](Cc1ccc(-c2ccccc2)cc1)NC(=O)[C@@H]1Cc2ccc(OCc3ccc(C(F)(F)F)cc3)cc2CN1C(=O)OCc1ccccc1. The third-order valence-electron chi connectivity index (χ3n) is 8.85. The van der Waals surface area contributed by atoms with Crippen molar-refractivity contribution in [2.24, 2.45) is 0 Å². The summed E-state index contributed by atoms with van der Waals surface area (Å²) in [7, 11) is 0. The van der Waals surface area contributed by atoms with Gasteiger partial charge in [0.25, 0.3) is 0 Å². The molecule has 5 aromatic carbocycles. The molecule has 1 heterocycles. The number of carboxylic acid groups (broad SMARTS) is 1. The normalized spacial score (nSPS) is 14.5. The predicted molar refractivity (Wildman–Crippen MR) is 187 cm³/mol. The minimum Gasteiger partial charge on any atom is -0.489 e. The van der Waals surface area contributed by atoms with E-state index in [1.165, 1.54) is 17.0 Å². The Morgan fingerprint density at radius 2 is 1.37 bits per heavy atom. The summed E-state index contributed by atoms with van der Waals surface area (Å²) in [6.45, 7) is -0.0576. The highest BCUT2D eigenvalue weighted by atomic mass is 19.4. The summed E-state index contributed by atoms with van der Waals surface area (Å²) in [6.07, 6.45) is -5.09. The molecule has 0 saturated heterocycles. The highest BCUT2D eigenvalue weighted by Crippen LogP contribution is 2.31. The van der Waals surface area contributed by atoms with Gasteiger partial charge in [-0.25, -0.2) is 9.59 Å². The van der Waals surface area contributed by atoms with Gasteiger partial charge in [0.05, 0.1) is 12.1 Å². The van der Waals surface area contributed by atoms with Crippen LogP contribution in [0.3, 0.4) is 0 Å². The Kier molecular flexibility index (Phi) is 10.9. The minimum absolute atomic E-state index is 0.0103. The number of hydrogen-bond acceptors (Lipinski definition) is 5. The van der Waals surface area contributed by atoms with Crippen LogP contribution >= 0.6 is 0 Å². The van der Waals surface area contributed by atoms with Crippen LogP contribution in [0.15, 0.2) is 127 Å². The van der Waals surface area contributed by atoms with Crippen LogP contribution in [0.1, 0.15) is 33.4 Å². The van der Waals surface area contributed by atoms with E-state index in [-0.39, 0.29) is 32.6 Å². The zero-order valence-corrected chi connectivity index (χ0v) is 27.9. The second-order valence-corrected chi connectivity index (χ2v) is 12.5. The summed E-state index contributed by atoms with van der Waals surface area (Å²) in [4.78, 5) is 41.0. The number of nitrogens with zero attached hydrogens (tertiary/aromatic N) is 1. The lowest BCUT2D eigenvalue weighted by Gasteiger charge is -2.36. The predicted octanol–water partition coefficient (Wildman–Crippen LogP) is 7.83. The third-order valence-corrected chi connectivity index (χ3v) is 8.85. The van der Waals surface area contributed by atoms with E-state index in [9.17, 15) is 32.7 Å². The number of carbonyl (C=O) groups excluding carboxylic acids is 2. The molecule has 0 aromatic heterocycles. The van der Waals surface area contributed by atoms with E-state index in [0.717, 1.165) is 34.4 Å². The second-order valence-electron chi connectivity index (χ2n) is 12.5. The van der Waals surface area contributed by atoms with Crippen LogP contribution in [0.2, 0.25) is 0 Å². The number of alkyl halides is 3.